The summed E-state index contributed by atoms with van der Waals surface area (Å²) in [4.78, 5) is 34.0. The first kappa shape index (κ1) is 24.1. The molecule has 1 aliphatic rings. The molecule has 0 aliphatic carbocycles. The average Bonchev–Trinajstić information content (AvgIpc) is 2.73. The Bertz CT molecular complexity index is 1080. The van der Waals surface area contributed by atoms with Crippen LogP contribution in [0.25, 0.3) is 0 Å². The van der Waals surface area contributed by atoms with Gasteiger partial charge in [0.1, 0.15) is 28.4 Å². The number of nitrogens with zero attached hydrogens (tertiary/aromatic N) is 2. The summed E-state index contributed by atoms with van der Waals surface area (Å²) in [6, 6.07) is 7.84. The number of hydrogen-bond acceptors (Lipinski definition) is 7. The average molecular weight is 466 g/mol. The van der Waals surface area contributed by atoms with Gasteiger partial charge in [-0.25, -0.2) is 10.0 Å². The second-order valence-electron chi connectivity index (χ2n) is 7.71. The Morgan fingerprint density at radius 1 is 1.15 bits per heavy atom. The second-order valence-corrected chi connectivity index (χ2v) is 7.71. The lowest BCUT2D eigenvalue weighted by molar-refractivity contribution is -0.223. The fourth-order valence-electron chi connectivity index (χ4n) is 2.99. The number of aromatic nitrogens is 1. The molecule has 2 aromatic rings. The maximum atomic E-state index is 12.8. The molecule has 1 aromatic heterocycles. The van der Waals surface area contributed by atoms with E-state index in [1.807, 2.05) is 0 Å². The van der Waals surface area contributed by atoms with Crippen LogP contribution in [0.3, 0.4) is 0 Å². The Labute approximate surface area is 187 Å². The van der Waals surface area contributed by atoms with Crippen molar-refractivity contribution in [1.82, 2.24) is 10.0 Å². The number of ether oxygens (including phenoxy) is 2. The Morgan fingerprint density at radius 3 is 2.30 bits per heavy atom. The van der Waals surface area contributed by atoms with Crippen LogP contribution < -0.4 is 9.47 Å². The Balaban J connectivity index is 1.68. The topological polar surface area (TPSA) is 98.2 Å². The molecule has 0 saturated heterocycles. The summed E-state index contributed by atoms with van der Waals surface area (Å²) in [7, 11) is 1.33. The normalized spacial score (nSPS) is 17.1. The minimum absolute atomic E-state index is 0.0348. The molecular formula is C22H21F3N2O6. The minimum atomic E-state index is -4.49. The van der Waals surface area contributed by atoms with Crippen molar-refractivity contribution in [2.75, 3.05) is 7.05 Å². The molecule has 3 rings (SSSR count). The van der Waals surface area contributed by atoms with Crippen LogP contribution in [0.2, 0.25) is 0 Å². The lowest BCUT2D eigenvalue weighted by Crippen LogP contribution is -2.48. The van der Waals surface area contributed by atoms with Crippen LogP contribution in [0.15, 0.2) is 53.9 Å². The highest BCUT2D eigenvalue weighted by molar-refractivity contribution is 6.21. The number of alkyl halides is 3. The van der Waals surface area contributed by atoms with E-state index >= 15 is 0 Å². The summed E-state index contributed by atoms with van der Waals surface area (Å²) in [6.45, 7) is 4.44. The number of carbonyl (C=O) groups excluding carboxylic acids is 2. The second kappa shape index (κ2) is 8.74. The number of aliphatic hydroxyl groups excluding tert-OH is 1. The highest BCUT2D eigenvalue weighted by atomic mass is 19.4. The predicted octanol–water partition coefficient (Wildman–Crippen LogP) is 4.22. The van der Waals surface area contributed by atoms with Crippen molar-refractivity contribution < 1.29 is 42.2 Å². The molecule has 1 atom stereocenters. The fraction of sp³-hybridized carbons (Fsp3) is 0.318. The summed E-state index contributed by atoms with van der Waals surface area (Å²) in [6.07, 6.45) is -4.94. The summed E-state index contributed by atoms with van der Waals surface area (Å²) in [5.74, 6) is -1.51. The van der Waals surface area contributed by atoms with E-state index < -0.39 is 46.5 Å². The lowest BCUT2D eigenvalue weighted by Gasteiger charge is -2.35. The molecule has 2 heterocycles. The number of Topliss-reactive ketones (excluding diaryl/α,β-unsaturated/α-hetero) is 1. The molecular weight excluding hydrogens is 445 g/mol. The fourth-order valence-corrected chi connectivity index (χ4v) is 2.99. The Kier molecular flexibility index (Phi) is 6.37. The van der Waals surface area contributed by atoms with Gasteiger partial charge >= 0.3 is 6.18 Å². The number of rotatable bonds is 6. The van der Waals surface area contributed by atoms with E-state index in [1.165, 1.54) is 52.1 Å². The molecule has 1 aliphatic heterocycles. The van der Waals surface area contributed by atoms with Crippen LogP contribution in [0, 0.1) is 0 Å². The first-order valence-corrected chi connectivity index (χ1v) is 9.72. The molecule has 11 heteroatoms. The van der Waals surface area contributed by atoms with Crippen molar-refractivity contribution in [3.63, 3.8) is 0 Å². The molecule has 0 radical (unpaired) electrons. The molecule has 176 valence electrons. The summed E-state index contributed by atoms with van der Waals surface area (Å²) >= 11 is 0. The zero-order valence-electron chi connectivity index (χ0n) is 18.1. The van der Waals surface area contributed by atoms with Crippen LogP contribution in [-0.2, 0) is 20.6 Å². The number of hydrogen-bond donors (Lipinski definition) is 1. The van der Waals surface area contributed by atoms with E-state index in [2.05, 4.69) is 4.98 Å². The number of hydroxylamine groups is 2. The van der Waals surface area contributed by atoms with Crippen molar-refractivity contribution in [1.29, 1.82) is 0 Å². The highest BCUT2D eigenvalue weighted by Crippen LogP contribution is 2.32. The molecule has 0 spiro atoms. The number of amides is 1. The van der Waals surface area contributed by atoms with Gasteiger partial charge in [0.15, 0.2) is 6.10 Å². The lowest BCUT2D eigenvalue weighted by atomic mass is 9.95. The molecule has 1 aromatic carbocycles. The molecule has 8 nitrogen and oxygen atoms in total. The van der Waals surface area contributed by atoms with Crippen molar-refractivity contribution >= 4 is 11.7 Å². The summed E-state index contributed by atoms with van der Waals surface area (Å²) in [5.41, 5.74) is -2.58. The van der Waals surface area contributed by atoms with E-state index in [1.54, 1.807) is 0 Å². The van der Waals surface area contributed by atoms with E-state index in [-0.39, 0.29) is 17.4 Å². The first-order chi connectivity index (χ1) is 15.3. The number of likely N-dealkylation sites (N-methyl/N-ethyl adjacent to an activating group) is 1. The maximum absolute atomic E-state index is 12.8. The minimum Gasteiger partial charge on any atom is -0.508 e. The summed E-state index contributed by atoms with van der Waals surface area (Å²) < 4.78 is 48.8. The van der Waals surface area contributed by atoms with Crippen LogP contribution in [0.5, 0.6) is 17.4 Å². The van der Waals surface area contributed by atoms with Crippen molar-refractivity contribution in [2.24, 2.45) is 0 Å². The molecule has 0 bridgehead atoms. The zero-order chi connectivity index (χ0) is 24.6. The molecule has 1 unspecified atom stereocenters. The van der Waals surface area contributed by atoms with Crippen molar-refractivity contribution in [3.8, 4) is 17.4 Å². The third-order valence-electron chi connectivity index (χ3n) is 4.71. The number of benzene rings is 1. The van der Waals surface area contributed by atoms with Gasteiger partial charge in [-0.15, -0.1) is 0 Å². The molecule has 0 fully saturated rings. The highest BCUT2D eigenvalue weighted by Gasteiger charge is 2.43. The van der Waals surface area contributed by atoms with E-state index in [0.717, 1.165) is 17.2 Å². The number of carbonyl (C=O) groups is 2. The molecule has 0 saturated carbocycles. The van der Waals surface area contributed by atoms with E-state index in [9.17, 15) is 27.9 Å². The monoisotopic (exact) mass is 466 g/mol. The number of ketones is 1. The third kappa shape index (κ3) is 5.25. The zero-order valence-corrected chi connectivity index (χ0v) is 18.1. The van der Waals surface area contributed by atoms with Crippen molar-refractivity contribution in [2.45, 2.75) is 38.7 Å². The number of halogens is 3. The van der Waals surface area contributed by atoms with Gasteiger partial charge in [0, 0.05) is 19.3 Å². The van der Waals surface area contributed by atoms with Gasteiger partial charge in [0.05, 0.1) is 5.56 Å². The quantitative estimate of drug-likeness (QED) is 0.637. The van der Waals surface area contributed by atoms with E-state index in [0.29, 0.717) is 6.20 Å². The van der Waals surface area contributed by atoms with Gasteiger partial charge in [-0.05, 0) is 51.1 Å². The third-order valence-corrected chi connectivity index (χ3v) is 4.71. The van der Waals surface area contributed by atoms with Gasteiger partial charge in [-0.2, -0.15) is 13.2 Å². The first-order valence-electron chi connectivity index (χ1n) is 9.72. The number of pyridine rings is 1. The number of aliphatic hydroxyl groups is 1. The molecule has 1 amide bonds. The van der Waals surface area contributed by atoms with Gasteiger partial charge < -0.3 is 14.6 Å². The summed E-state index contributed by atoms with van der Waals surface area (Å²) in [5, 5.41) is 11.2. The smallest absolute Gasteiger partial charge is 0.417 e. The van der Waals surface area contributed by atoms with Crippen LogP contribution >= 0.6 is 0 Å². The van der Waals surface area contributed by atoms with Gasteiger partial charge in [-0.1, -0.05) is 0 Å². The van der Waals surface area contributed by atoms with Crippen LogP contribution in [0.1, 0.15) is 26.3 Å². The van der Waals surface area contributed by atoms with Gasteiger partial charge in [0.25, 0.3) is 5.91 Å². The molecule has 33 heavy (non-hydrogen) atoms. The maximum Gasteiger partial charge on any atom is 0.417 e. The van der Waals surface area contributed by atoms with Crippen LogP contribution in [-0.4, -0.2) is 45.6 Å². The molecule has 1 N–H and O–H groups in total. The predicted molar refractivity (Wildman–Crippen MR) is 108 cm³/mol. The van der Waals surface area contributed by atoms with Gasteiger partial charge in [-0.3, -0.25) is 14.4 Å². The standard InChI is InChI=1S/C22H21F3N2O6/c1-12(18(28)17-19(29)21(2,3)33-27(4)20(17)30)31-14-6-8-15(9-7-14)32-16-10-5-13(11-26-16)22(23,24)25/h5-12,29H,1-4H3. The Morgan fingerprint density at radius 2 is 1.76 bits per heavy atom. The van der Waals surface area contributed by atoms with Crippen LogP contribution in [0.4, 0.5) is 13.2 Å². The Hall–Kier alpha value is -3.60. The van der Waals surface area contributed by atoms with E-state index in [4.69, 9.17) is 14.3 Å². The van der Waals surface area contributed by atoms with Crippen molar-refractivity contribution in [3.05, 3.63) is 59.5 Å². The largest absolute Gasteiger partial charge is 0.508 e. The SMILES string of the molecule is CC(Oc1ccc(Oc2ccc(C(F)(F)F)cn2)cc1)C(=O)C1=C(O)C(C)(C)ON(C)C1=O. The van der Waals surface area contributed by atoms with Gasteiger partial charge in [0.2, 0.25) is 11.7 Å².